The number of ether oxygens (including phenoxy) is 1. The van der Waals surface area contributed by atoms with E-state index in [-0.39, 0.29) is 18.5 Å². The van der Waals surface area contributed by atoms with Crippen LogP contribution in [0, 0.1) is 11.8 Å². The van der Waals surface area contributed by atoms with E-state index in [1.165, 1.54) is 15.6 Å². The molecule has 5 nitrogen and oxygen atoms in total. The second-order valence-corrected chi connectivity index (χ2v) is 7.92. The molecule has 1 rings (SSSR count). The summed E-state index contributed by atoms with van der Waals surface area (Å²) in [4.78, 5) is 0.893. The predicted molar refractivity (Wildman–Crippen MR) is 86.6 cm³/mol. The quantitative estimate of drug-likeness (QED) is 0.764. The Morgan fingerprint density at radius 3 is 2.81 bits per heavy atom. The molecule has 0 saturated carbocycles. The van der Waals surface area contributed by atoms with Crippen molar-refractivity contribution in [3.63, 3.8) is 0 Å². The van der Waals surface area contributed by atoms with Crippen molar-refractivity contribution in [2.75, 3.05) is 26.0 Å². The minimum atomic E-state index is -3.30. The lowest BCUT2D eigenvalue weighted by atomic mass is 10.3. The molecule has 0 bridgehead atoms. The van der Waals surface area contributed by atoms with Crippen molar-refractivity contribution < 1.29 is 13.2 Å². The van der Waals surface area contributed by atoms with Gasteiger partial charge in [0, 0.05) is 13.6 Å². The standard InChI is InChI=1S/C14H22N2O3S2/c1-12(2)19-7-8-21(17,18)16(3)10-13-9-14(20-11-13)5-4-6-15/h9,11-12H,6-8,10,15H2,1-3H3. The second-order valence-electron chi connectivity index (χ2n) is 4.82. The van der Waals surface area contributed by atoms with Crippen LogP contribution in [0.1, 0.15) is 24.3 Å². The number of rotatable bonds is 7. The van der Waals surface area contributed by atoms with Crippen molar-refractivity contribution in [2.45, 2.75) is 26.5 Å². The van der Waals surface area contributed by atoms with E-state index in [0.717, 1.165) is 10.4 Å². The van der Waals surface area contributed by atoms with Crippen LogP contribution >= 0.6 is 11.3 Å². The van der Waals surface area contributed by atoms with Crippen molar-refractivity contribution in [1.82, 2.24) is 4.31 Å². The summed E-state index contributed by atoms with van der Waals surface area (Å²) in [6.07, 6.45) is 0.0334. The van der Waals surface area contributed by atoms with E-state index in [2.05, 4.69) is 11.8 Å². The number of nitrogens with two attached hydrogens (primary N) is 1. The predicted octanol–water partition coefficient (Wildman–Crippen LogP) is 1.24. The summed E-state index contributed by atoms with van der Waals surface area (Å²) >= 11 is 1.49. The molecule has 0 radical (unpaired) electrons. The first-order chi connectivity index (χ1) is 9.85. The fraction of sp³-hybridized carbons (Fsp3) is 0.571. The fourth-order valence-corrected chi connectivity index (χ4v) is 3.30. The molecule has 7 heteroatoms. The van der Waals surface area contributed by atoms with E-state index in [1.807, 2.05) is 25.3 Å². The number of nitrogens with zero attached hydrogens (tertiary/aromatic N) is 1. The van der Waals surface area contributed by atoms with Gasteiger partial charge < -0.3 is 10.5 Å². The third-order valence-electron chi connectivity index (χ3n) is 2.64. The highest BCUT2D eigenvalue weighted by Gasteiger charge is 2.18. The lowest BCUT2D eigenvalue weighted by Crippen LogP contribution is -2.30. The number of sulfonamides is 1. The summed E-state index contributed by atoms with van der Waals surface area (Å²) in [6, 6.07) is 1.89. The maximum absolute atomic E-state index is 12.1. The van der Waals surface area contributed by atoms with Crippen LogP contribution in [0.25, 0.3) is 0 Å². The Morgan fingerprint density at radius 2 is 2.19 bits per heavy atom. The van der Waals surface area contributed by atoms with Crippen molar-refractivity contribution in [3.8, 4) is 11.8 Å². The van der Waals surface area contributed by atoms with Gasteiger partial charge in [0.1, 0.15) is 0 Å². The summed E-state index contributed by atoms with van der Waals surface area (Å²) in [7, 11) is -1.73. The largest absolute Gasteiger partial charge is 0.378 e. The van der Waals surface area contributed by atoms with E-state index in [4.69, 9.17) is 10.5 Å². The van der Waals surface area contributed by atoms with E-state index < -0.39 is 10.0 Å². The SMILES string of the molecule is CC(C)OCCS(=O)(=O)N(C)Cc1csc(C#CCN)c1. The third-order valence-corrected chi connectivity index (χ3v) is 5.30. The fourth-order valence-electron chi connectivity index (χ4n) is 1.56. The summed E-state index contributed by atoms with van der Waals surface area (Å²) in [5.41, 5.74) is 6.25. The van der Waals surface area contributed by atoms with E-state index in [0.29, 0.717) is 13.1 Å². The van der Waals surface area contributed by atoms with Crippen LogP contribution in [0.2, 0.25) is 0 Å². The first-order valence-electron chi connectivity index (χ1n) is 6.67. The first kappa shape index (κ1) is 18.1. The molecule has 0 spiro atoms. The molecule has 0 unspecified atom stereocenters. The van der Waals surface area contributed by atoms with Crippen molar-refractivity contribution in [3.05, 3.63) is 21.9 Å². The Morgan fingerprint density at radius 1 is 1.48 bits per heavy atom. The molecule has 1 aromatic rings. The molecule has 2 N–H and O–H groups in total. The second kappa shape index (κ2) is 8.51. The molecule has 118 valence electrons. The van der Waals surface area contributed by atoms with Gasteiger partial charge in [-0.1, -0.05) is 11.8 Å². The smallest absolute Gasteiger partial charge is 0.216 e. The van der Waals surface area contributed by atoms with Gasteiger partial charge in [0.15, 0.2) is 0 Å². The van der Waals surface area contributed by atoms with Crippen LogP contribution in [0.4, 0.5) is 0 Å². The molecule has 0 amide bonds. The van der Waals surface area contributed by atoms with Gasteiger partial charge in [0.05, 0.1) is 29.9 Å². The lowest BCUT2D eigenvalue weighted by molar-refractivity contribution is 0.0907. The zero-order chi connectivity index (χ0) is 15.9. The maximum Gasteiger partial charge on any atom is 0.216 e. The molecule has 0 fully saturated rings. The van der Waals surface area contributed by atoms with Crippen molar-refractivity contribution in [1.29, 1.82) is 0 Å². The molecular formula is C14H22N2O3S2. The van der Waals surface area contributed by atoms with Crippen molar-refractivity contribution in [2.24, 2.45) is 5.73 Å². The molecule has 0 saturated heterocycles. The normalized spacial score (nSPS) is 11.7. The van der Waals surface area contributed by atoms with Crippen LogP contribution in [0.5, 0.6) is 0 Å². The van der Waals surface area contributed by atoms with Gasteiger partial charge in [0.2, 0.25) is 10.0 Å². The summed E-state index contributed by atoms with van der Waals surface area (Å²) in [6.45, 7) is 4.63. The Bertz CT molecular complexity index is 597. The summed E-state index contributed by atoms with van der Waals surface area (Å²) < 4.78 is 30.8. The molecule has 0 atom stereocenters. The third kappa shape index (κ3) is 6.59. The summed E-state index contributed by atoms with van der Waals surface area (Å²) in [5, 5.41) is 1.91. The highest BCUT2D eigenvalue weighted by molar-refractivity contribution is 7.89. The van der Waals surface area contributed by atoms with Gasteiger partial charge >= 0.3 is 0 Å². The van der Waals surface area contributed by atoms with E-state index >= 15 is 0 Å². The average molecular weight is 330 g/mol. The van der Waals surface area contributed by atoms with Gasteiger partial charge in [0.25, 0.3) is 0 Å². The van der Waals surface area contributed by atoms with Gasteiger partial charge in [-0.05, 0) is 30.9 Å². The maximum atomic E-state index is 12.1. The van der Waals surface area contributed by atoms with Crippen LogP contribution in [-0.2, 0) is 21.3 Å². The zero-order valence-corrected chi connectivity index (χ0v) is 14.3. The van der Waals surface area contributed by atoms with Gasteiger partial charge in [-0.15, -0.1) is 11.3 Å². The summed E-state index contributed by atoms with van der Waals surface area (Å²) in [5.74, 6) is 5.71. The van der Waals surface area contributed by atoms with Crippen LogP contribution in [-0.4, -0.2) is 44.8 Å². The molecule has 21 heavy (non-hydrogen) atoms. The van der Waals surface area contributed by atoms with Crippen LogP contribution in [0.15, 0.2) is 11.4 Å². The molecule has 0 aliphatic rings. The van der Waals surface area contributed by atoms with Gasteiger partial charge in [-0.3, -0.25) is 0 Å². The number of thiophene rings is 1. The number of hydrogen-bond donors (Lipinski definition) is 1. The molecular weight excluding hydrogens is 308 g/mol. The number of hydrogen-bond acceptors (Lipinski definition) is 5. The highest BCUT2D eigenvalue weighted by atomic mass is 32.2. The average Bonchev–Trinajstić information content (AvgIpc) is 2.83. The Balaban J connectivity index is 2.58. The molecule has 0 aliphatic heterocycles. The lowest BCUT2D eigenvalue weighted by Gasteiger charge is -2.17. The van der Waals surface area contributed by atoms with Gasteiger partial charge in [-0.25, -0.2) is 12.7 Å². The monoisotopic (exact) mass is 330 g/mol. The highest BCUT2D eigenvalue weighted by Crippen LogP contribution is 2.16. The molecule has 0 aromatic carbocycles. The van der Waals surface area contributed by atoms with Gasteiger partial charge in [-0.2, -0.15) is 0 Å². The molecule has 1 heterocycles. The van der Waals surface area contributed by atoms with Crippen LogP contribution in [0.3, 0.4) is 0 Å². The topological polar surface area (TPSA) is 72.6 Å². The molecule has 0 aliphatic carbocycles. The Labute approximate surface area is 131 Å². The van der Waals surface area contributed by atoms with Crippen LogP contribution < -0.4 is 5.73 Å². The van der Waals surface area contributed by atoms with E-state index in [1.54, 1.807) is 7.05 Å². The zero-order valence-electron chi connectivity index (χ0n) is 12.6. The van der Waals surface area contributed by atoms with E-state index in [9.17, 15) is 8.42 Å². The first-order valence-corrected chi connectivity index (χ1v) is 9.16. The Hall–Kier alpha value is -0.910. The van der Waals surface area contributed by atoms with Crippen molar-refractivity contribution >= 4 is 21.4 Å². The molecule has 1 aromatic heterocycles. The Kier molecular flexibility index (Phi) is 7.35. The minimum Gasteiger partial charge on any atom is -0.378 e. The minimum absolute atomic E-state index is 0.00828.